The maximum Gasteiger partial charge on any atom is 0.123 e. The molecular formula is C7H16N3. The van der Waals surface area contributed by atoms with E-state index >= 15 is 0 Å². The minimum absolute atomic E-state index is 0.00463. The van der Waals surface area contributed by atoms with E-state index in [9.17, 15) is 0 Å². The maximum atomic E-state index is 6.84. The Balaban J connectivity index is 3.81. The number of nitrogens with zero attached hydrogens (tertiary/aromatic N) is 2. The van der Waals surface area contributed by atoms with Crippen molar-refractivity contribution < 1.29 is 0 Å². The first-order valence-corrected chi connectivity index (χ1v) is 3.69. The zero-order chi connectivity index (χ0) is 7.98. The van der Waals surface area contributed by atoms with Crippen LogP contribution in [0.25, 0.3) is 0 Å². The average Bonchev–Trinajstić information content (AvgIpc) is 2.00. The number of rotatable bonds is 5. The number of hydrogen-bond donors (Lipinski definition) is 1. The van der Waals surface area contributed by atoms with Crippen LogP contribution in [0.3, 0.4) is 0 Å². The van der Waals surface area contributed by atoms with Crippen molar-refractivity contribution in [2.45, 2.75) is 26.4 Å². The highest BCUT2D eigenvalue weighted by Crippen LogP contribution is 2.03. The molecule has 0 aliphatic heterocycles. The molecule has 0 aromatic heterocycles. The molecule has 1 radical (unpaired) electrons. The summed E-state index contributed by atoms with van der Waals surface area (Å²) in [6, 6.07) is 0. The van der Waals surface area contributed by atoms with E-state index in [4.69, 9.17) is 5.53 Å². The molecule has 0 fully saturated rings. The fourth-order valence-corrected chi connectivity index (χ4v) is 0.974. The van der Waals surface area contributed by atoms with Crippen molar-refractivity contribution in [3.63, 3.8) is 0 Å². The molecule has 1 N–H and O–H groups in total. The van der Waals surface area contributed by atoms with Crippen molar-refractivity contribution >= 4 is 0 Å². The van der Waals surface area contributed by atoms with Crippen LogP contribution in [0.4, 0.5) is 0 Å². The molecular weight excluding hydrogens is 126 g/mol. The van der Waals surface area contributed by atoms with Crippen LogP contribution in [0, 0.1) is 12.5 Å². The Morgan fingerprint density at radius 3 is 2.10 bits per heavy atom. The second-order valence-corrected chi connectivity index (χ2v) is 2.12. The summed E-state index contributed by atoms with van der Waals surface area (Å²) in [6.45, 7) is 9.74. The van der Waals surface area contributed by atoms with Gasteiger partial charge in [-0.1, -0.05) is 13.8 Å². The highest BCUT2D eigenvalue weighted by molar-refractivity contribution is 4.65. The molecule has 0 saturated carbocycles. The summed E-state index contributed by atoms with van der Waals surface area (Å²) in [5.41, 5.74) is 6.84. The van der Waals surface area contributed by atoms with E-state index in [0.717, 1.165) is 13.1 Å². The first-order chi connectivity index (χ1) is 4.79. The lowest BCUT2D eigenvalue weighted by Crippen LogP contribution is -2.32. The summed E-state index contributed by atoms with van der Waals surface area (Å²) in [7, 11) is 0. The monoisotopic (exact) mass is 142 g/mol. The zero-order valence-corrected chi connectivity index (χ0v) is 6.80. The van der Waals surface area contributed by atoms with E-state index in [0.29, 0.717) is 6.42 Å². The molecule has 59 valence electrons. The Morgan fingerprint density at radius 1 is 1.50 bits per heavy atom. The Morgan fingerprint density at radius 2 is 2.00 bits per heavy atom. The topological polar surface area (TPSA) is 39.5 Å². The first kappa shape index (κ1) is 9.56. The summed E-state index contributed by atoms with van der Waals surface area (Å²) < 4.78 is 0. The van der Waals surface area contributed by atoms with Crippen LogP contribution in [0.1, 0.15) is 20.3 Å². The molecule has 0 bridgehead atoms. The molecule has 0 aromatic carbocycles. The van der Waals surface area contributed by atoms with Gasteiger partial charge in [0.1, 0.15) is 6.17 Å². The fourth-order valence-electron chi connectivity index (χ4n) is 0.974. The van der Waals surface area contributed by atoms with Crippen LogP contribution in [0.5, 0.6) is 0 Å². The zero-order valence-electron chi connectivity index (χ0n) is 6.80. The van der Waals surface area contributed by atoms with Gasteiger partial charge in [-0.25, -0.2) is 5.53 Å². The van der Waals surface area contributed by atoms with E-state index in [1.54, 1.807) is 0 Å². The quantitative estimate of drug-likeness (QED) is 0.585. The predicted octanol–water partition coefficient (Wildman–Crippen LogP) is 1.91. The van der Waals surface area contributed by atoms with E-state index < -0.39 is 0 Å². The smallest absolute Gasteiger partial charge is 0.123 e. The fraction of sp³-hybridized carbons (Fsp3) is 0.857. The molecule has 3 heteroatoms. The highest BCUT2D eigenvalue weighted by atomic mass is 15.3. The Kier molecular flexibility index (Phi) is 5.12. The molecule has 0 aliphatic carbocycles. The van der Waals surface area contributed by atoms with Crippen LogP contribution in [-0.4, -0.2) is 24.2 Å². The summed E-state index contributed by atoms with van der Waals surface area (Å²) in [5.74, 6) is 0. The van der Waals surface area contributed by atoms with Crippen LogP contribution in [-0.2, 0) is 0 Å². The second-order valence-electron chi connectivity index (χ2n) is 2.12. The molecule has 10 heavy (non-hydrogen) atoms. The Labute approximate surface area is 62.9 Å². The lowest BCUT2D eigenvalue weighted by molar-refractivity contribution is 0.214. The van der Waals surface area contributed by atoms with Crippen molar-refractivity contribution in [1.82, 2.24) is 4.90 Å². The van der Waals surface area contributed by atoms with Crippen molar-refractivity contribution in [3.8, 4) is 0 Å². The summed E-state index contributed by atoms with van der Waals surface area (Å²) >= 11 is 0. The lowest BCUT2D eigenvalue weighted by Gasteiger charge is -2.23. The lowest BCUT2D eigenvalue weighted by atomic mass is 10.3. The second kappa shape index (κ2) is 5.35. The normalized spacial score (nSPS) is 13.6. The van der Waals surface area contributed by atoms with Gasteiger partial charge in [0, 0.05) is 0 Å². The minimum Gasteiger partial charge on any atom is -0.281 e. The van der Waals surface area contributed by atoms with Gasteiger partial charge in [-0.15, -0.1) is 0 Å². The van der Waals surface area contributed by atoms with Gasteiger partial charge >= 0.3 is 0 Å². The largest absolute Gasteiger partial charge is 0.281 e. The van der Waals surface area contributed by atoms with E-state index in [2.05, 4.69) is 30.8 Å². The first-order valence-electron chi connectivity index (χ1n) is 3.69. The van der Waals surface area contributed by atoms with E-state index in [-0.39, 0.29) is 6.17 Å². The van der Waals surface area contributed by atoms with Crippen LogP contribution >= 0.6 is 0 Å². The number of hydrogen-bond acceptors (Lipinski definition) is 3. The number of nitrogens with one attached hydrogen (secondary N) is 1. The predicted molar refractivity (Wildman–Crippen MR) is 41.8 cm³/mol. The molecule has 1 unspecified atom stereocenters. The van der Waals surface area contributed by atoms with Gasteiger partial charge < -0.3 is 0 Å². The van der Waals surface area contributed by atoms with Gasteiger partial charge in [-0.05, 0) is 26.4 Å². The minimum atomic E-state index is -0.00463. The molecule has 0 amide bonds. The van der Waals surface area contributed by atoms with Gasteiger partial charge in [0.05, 0.1) is 0 Å². The van der Waals surface area contributed by atoms with Gasteiger partial charge in [0.15, 0.2) is 0 Å². The van der Waals surface area contributed by atoms with Crippen LogP contribution in [0.15, 0.2) is 5.11 Å². The average molecular weight is 142 g/mol. The summed E-state index contributed by atoms with van der Waals surface area (Å²) in [6.07, 6.45) is 0.681. The molecule has 0 saturated heterocycles. The standard InChI is InChI=1S/C7H16N3/c1-4-7(9-8)10(5-2)6-3/h7-8H,1,4-6H2,2-3H3. The Bertz CT molecular complexity index is 88.9. The van der Waals surface area contributed by atoms with Gasteiger partial charge in [0.2, 0.25) is 0 Å². The van der Waals surface area contributed by atoms with Crippen molar-refractivity contribution in [2.24, 2.45) is 5.11 Å². The van der Waals surface area contributed by atoms with Crippen LogP contribution in [0.2, 0.25) is 0 Å². The highest BCUT2D eigenvalue weighted by Gasteiger charge is 2.10. The van der Waals surface area contributed by atoms with Gasteiger partial charge in [0.25, 0.3) is 0 Å². The van der Waals surface area contributed by atoms with E-state index in [1.165, 1.54) is 0 Å². The molecule has 1 atom stereocenters. The molecule has 3 nitrogen and oxygen atoms in total. The van der Waals surface area contributed by atoms with Crippen molar-refractivity contribution in [1.29, 1.82) is 5.53 Å². The van der Waals surface area contributed by atoms with Crippen molar-refractivity contribution in [2.75, 3.05) is 13.1 Å². The van der Waals surface area contributed by atoms with E-state index in [1.807, 2.05) is 0 Å². The molecule has 0 spiro atoms. The van der Waals surface area contributed by atoms with Crippen LogP contribution < -0.4 is 0 Å². The third-order valence-electron chi connectivity index (χ3n) is 1.64. The Hall–Kier alpha value is -0.440. The molecule has 0 aliphatic rings. The summed E-state index contributed by atoms with van der Waals surface area (Å²) in [4.78, 5) is 2.11. The van der Waals surface area contributed by atoms with Gasteiger partial charge in [-0.2, -0.15) is 5.11 Å². The third kappa shape index (κ3) is 2.43. The molecule has 0 heterocycles. The SMILES string of the molecule is [CH2]CC(N=N)N(CC)CC. The molecule has 0 aromatic rings. The molecule has 0 rings (SSSR count). The van der Waals surface area contributed by atoms with Crippen molar-refractivity contribution in [3.05, 3.63) is 6.92 Å². The third-order valence-corrected chi connectivity index (χ3v) is 1.64. The maximum absolute atomic E-state index is 6.84. The summed E-state index contributed by atoms with van der Waals surface area (Å²) in [5, 5.41) is 3.46. The van der Waals surface area contributed by atoms with Gasteiger partial charge in [-0.3, -0.25) is 4.90 Å².